The van der Waals surface area contributed by atoms with E-state index in [4.69, 9.17) is 10.5 Å². The van der Waals surface area contributed by atoms with E-state index in [2.05, 4.69) is 4.72 Å². The number of halogens is 2. The molecule has 1 aromatic rings. The molecule has 3 N–H and O–H groups in total. The van der Waals surface area contributed by atoms with Gasteiger partial charge in [0.05, 0.1) is 11.6 Å². The van der Waals surface area contributed by atoms with Crippen LogP contribution in [0.5, 0.6) is 0 Å². The van der Waals surface area contributed by atoms with Crippen molar-refractivity contribution in [2.45, 2.75) is 36.8 Å². The second-order valence-electron chi connectivity index (χ2n) is 5.10. The first kappa shape index (κ1) is 15.1. The van der Waals surface area contributed by atoms with E-state index in [1.54, 1.807) is 13.8 Å². The molecule has 0 aromatic heterocycles. The Balaban J connectivity index is 2.42. The van der Waals surface area contributed by atoms with Crippen LogP contribution in [0.3, 0.4) is 0 Å². The van der Waals surface area contributed by atoms with E-state index in [0.717, 1.165) is 12.1 Å². The number of nitrogen functional groups attached to an aromatic ring is 1. The fourth-order valence-electron chi connectivity index (χ4n) is 2.16. The van der Waals surface area contributed by atoms with Crippen molar-refractivity contribution in [1.82, 2.24) is 4.72 Å². The standard InChI is InChI=1S/C12H16F2N2O3S/c1-7-12(2,3-4-19-7)16-20(17,18)11-9(13)5-8(15)6-10(11)14/h5-7,16H,3-4,15H2,1-2H3. The molecule has 0 radical (unpaired) electrons. The largest absolute Gasteiger partial charge is 0.399 e. The topological polar surface area (TPSA) is 81.4 Å². The Morgan fingerprint density at radius 1 is 1.40 bits per heavy atom. The van der Waals surface area contributed by atoms with Crippen molar-refractivity contribution in [2.75, 3.05) is 12.3 Å². The van der Waals surface area contributed by atoms with Crippen LogP contribution in [0.15, 0.2) is 17.0 Å². The van der Waals surface area contributed by atoms with E-state index in [1.807, 2.05) is 0 Å². The van der Waals surface area contributed by atoms with Crippen LogP contribution in [0.2, 0.25) is 0 Å². The molecule has 0 spiro atoms. The van der Waals surface area contributed by atoms with Crippen molar-refractivity contribution < 1.29 is 21.9 Å². The summed E-state index contributed by atoms with van der Waals surface area (Å²) >= 11 is 0. The van der Waals surface area contributed by atoms with Gasteiger partial charge >= 0.3 is 0 Å². The van der Waals surface area contributed by atoms with Crippen molar-refractivity contribution in [2.24, 2.45) is 0 Å². The lowest BCUT2D eigenvalue weighted by Gasteiger charge is -2.28. The predicted molar refractivity (Wildman–Crippen MR) is 69.5 cm³/mol. The van der Waals surface area contributed by atoms with Crippen molar-refractivity contribution in [1.29, 1.82) is 0 Å². The molecule has 0 bridgehead atoms. The maximum Gasteiger partial charge on any atom is 0.247 e. The molecule has 5 nitrogen and oxygen atoms in total. The molecule has 112 valence electrons. The summed E-state index contributed by atoms with van der Waals surface area (Å²) in [4.78, 5) is -1.02. The van der Waals surface area contributed by atoms with Gasteiger partial charge in [0.2, 0.25) is 10.0 Å². The summed E-state index contributed by atoms with van der Waals surface area (Å²) in [6.45, 7) is 3.72. The minimum Gasteiger partial charge on any atom is -0.399 e. The zero-order valence-electron chi connectivity index (χ0n) is 11.1. The van der Waals surface area contributed by atoms with Gasteiger partial charge < -0.3 is 10.5 Å². The van der Waals surface area contributed by atoms with Gasteiger partial charge in [0, 0.05) is 12.3 Å². The van der Waals surface area contributed by atoms with Gasteiger partial charge in [-0.2, -0.15) is 0 Å². The molecule has 1 fully saturated rings. The van der Waals surface area contributed by atoms with Gasteiger partial charge in [0.15, 0.2) is 4.90 Å². The first-order chi connectivity index (χ1) is 9.16. The minimum absolute atomic E-state index is 0.178. The Morgan fingerprint density at radius 2 is 1.95 bits per heavy atom. The summed E-state index contributed by atoms with van der Waals surface area (Å²) in [6.07, 6.45) is 0.0307. The van der Waals surface area contributed by atoms with Gasteiger partial charge in [-0.15, -0.1) is 0 Å². The van der Waals surface area contributed by atoms with Crippen LogP contribution in [-0.2, 0) is 14.8 Å². The third-order valence-electron chi connectivity index (χ3n) is 3.54. The van der Waals surface area contributed by atoms with E-state index < -0.39 is 38.2 Å². The lowest BCUT2D eigenvalue weighted by Crippen LogP contribution is -2.50. The number of nitrogens with one attached hydrogen (secondary N) is 1. The number of ether oxygens (including phenoxy) is 1. The molecule has 2 atom stereocenters. The summed E-state index contributed by atoms with van der Waals surface area (Å²) < 4.78 is 59.5. The highest BCUT2D eigenvalue weighted by molar-refractivity contribution is 7.89. The Hall–Kier alpha value is -1.25. The van der Waals surface area contributed by atoms with Crippen LogP contribution in [0.4, 0.5) is 14.5 Å². The zero-order chi connectivity index (χ0) is 15.1. The molecule has 0 aliphatic carbocycles. The summed E-state index contributed by atoms with van der Waals surface area (Å²) in [5.74, 6) is -2.43. The lowest BCUT2D eigenvalue weighted by atomic mass is 9.97. The monoisotopic (exact) mass is 306 g/mol. The second-order valence-corrected chi connectivity index (χ2v) is 6.72. The number of hydrogen-bond acceptors (Lipinski definition) is 4. The Kier molecular flexibility index (Phi) is 3.74. The molecule has 20 heavy (non-hydrogen) atoms. The van der Waals surface area contributed by atoms with Gasteiger partial charge in [0.25, 0.3) is 0 Å². The number of hydrogen-bond donors (Lipinski definition) is 2. The van der Waals surface area contributed by atoms with Crippen LogP contribution in [0.1, 0.15) is 20.3 Å². The average Bonchev–Trinajstić information content (AvgIpc) is 2.55. The van der Waals surface area contributed by atoms with Crippen LogP contribution in [0.25, 0.3) is 0 Å². The minimum atomic E-state index is -4.35. The van der Waals surface area contributed by atoms with Crippen molar-refractivity contribution in [3.05, 3.63) is 23.8 Å². The van der Waals surface area contributed by atoms with Crippen LogP contribution >= 0.6 is 0 Å². The third-order valence-corrected chi connectivity index (χ3v) is 5.21. The normalized spacial score (nSPS) is 26.9. The van der Waals surface area contributed by atoms with Crippen molar-refractivity contribution >= 4 is 15.7 Å². The maximum absolute atomic E-state index is 13.7. The molecule has 1 saturated heterocycles. The maximum atomic E-state index is 13.7. The Bertz CT molecular complexity index is 613. The van der Waals surface area contributed by atoms with Gasteiger partial charge in [-0.05, 0) is 32.4 Å². The Morgan fingerprint density at radius 3 is 2.40 bits per heavy atom. The van der Waals surface area contributed by atoms with Gasteiger partial charge in [-0.25, -0.2) is 21.9 Å². The molecule has 1 aliphatic heterocycles. The smallest absolute Gasteiger partial charge is 0.247 e. The molecule has 1 aliphatic rings. The molecule has 8 heteroatoms. The Labute approximate surface area is 116 Å². The molecule has 2 unspecified atom stereocenters. The summed E-state index contributed by atoms with van der Waals surface area (Å²) in [7, 11) is -4.35. The SMILES string of the molecule is CC1OCCC1(C)NS(=O)(=O)c1c(F)cc(N)cc1F. The highest BCUT2D eigenvalue weighted by Crippen LogP contribution is 2.29. The van der Waals surface area contributed by atoms with Crippen LogP contribution < -0.4 is 10.5 Å². The van der Waals surface area contributed by atoms with Crippen molar-refractivity contribution in [3.63, 3.8) is 0 Å². The average molecular weight is 306 g/mol. The van der Waals surface area contributed by atoms with E-state index in [1.165, 1.54) is 0 Å². The molecular weight excluding hydrogens is 290 g/mol. The highest BCUT2D eigenvalue weighted by Gasteiger charge is 2.41. The lowest BCUT2D eigenvalue weighted by molar-refractivity contribution is 0.0957. The number of anilines is 1. The molecular formula is C12H16F2N2O3S. The van der Waals surface area contributed by atoms with E-state index in [9.17, 15) is 17.2 Å². The fourth-order valence-corrected chi connectivity index (χ4v) is 3.78. The summed E-state index contributed by atoms with van der Waals surface area (Å²) in [5.41, 5.74) is 4.19. The number of nitrogens with two attached hydrogens (primary N) is 1. The number of sulfonamides is 1. The predicted octanol–water partition coefficient (Wildman–Crippen LogP) is 1.39. The molecule has 1 aromatic carbocycles. The molecule has 1 heterocycles. The van der Waals surface area contributed by atoms with E-state index in [0.29, 0.717) is 13.0 Å². The first-order valence-electron chi connectivity index (χ1n) is 6.06. The summed E-state index contributed by atoms with van der Waals surface area (Å²) in [5, 5.41) is 0. The van der Waals surface area contributed by atoms with Crippen LogP contribution in [0, 0.1) is 11.6 Å². The highest BCUT2D eigenvalue weighted by atomic mass is 32.2. The third kappa shape index (κ3) is 2.63. The van der Waals surface area contributed by atoms with Crippen LogP contribution in [-0.4, -0.2) is 26.7 Å². The quantitative estimate of drug-likeness (QED) is 0.827. The van der Waals surface area contributed by atoms with Crippen molar-refractivity contribution in [3.8, 4) is 0 Å². The first-order valence-corrected chi connectivity index (χ1v) is 7.54. The second kappa shape index (κ2) is 4.94. The molecule has 0 saturated carbocycles. The van der Waals surface area contributed by atoms with Gasteiger partial charge in [-0.1, -0.05) is 0 Å². The number of rotatable bonds is 3. The van der Waals surface area contributed by atoms with E-state index in [-0.39, 0.29) is 5.69 Å². The molecule has 0 amide bonds. The fraction of sp³-hybridized carbons (Fsp3) is 0.500. The zero-order valence-corrected chi connectivity index (χ0v) is 11.9. The molecule has 2 rings (SSSR count). The summed E-state index contributed by atoms with van der Waals surface area (Å²) in [6, 6.07) is 1.54. The van der Waals surface area contributed by atoms with Gasteiger partial charge in [0.1, 0.15) is 11.6 Å². The van der Waals surface area contributed by atoms with Gasteiger partial charge in [-0.3, -0.25) is 0 Å². The van der Waals surface area contributed by atoms with E-state index >= 15 is 0 Å². The number of benzene rings is 1.